The molecule has 142 valence electrons. The Morgan fingerprint density at radius 2 is 2.04 bits per heavy atom. The van der Waals surface area contributed by atoms with Crippen LogP contribution in [0.1, 0.15) is 31.7 Å². The molecule has 0 saturated heterocycles. The summed E-state index contributed by atoms with van der Waals surface area (Å²) in [6, 6.07) is 4.04. The van der Waals surface area contributed by atoms with Gasteiger partial charge in [0.2, 0.25) is 0 Å². The Kier molecular flexibility index (Phi) is 4.35. The zero-order valence-corrected chi connectivity index (χ0v) is 15.4. The van der Waals surface area contributed by atoms with Gasteiger partial charge in [-0.05, 0) is 31.7 Å². The standard InChI is InChI=1S/C19H23N5O3/c1-22-8-7-16(21-22)15-11-24(12-3-5-13(25)6-4-12)17-9-18(20-10-14(15)17)23(2)19(26)27/h7-13,25H,3-6H2,1-2H3,(H,26,27)/t12-,13-. The topological polar surface area (TPSA) is 96.4 Å². The first-order valence-corrected chi connectivity index (χ1v) is 9.09. The highest BCUT2D eigenvalue weighted by Gasteiger charge is 2.24. The highest BCUT2D eigenvalue weighted by molar-refractivity contribution is 5.97. The lowest BCUT2D eigenvalue weighted by molar-refractivity contribution is 0.111. The maximum atomic E-state index is 11.3. The van der Waals surface area contributed by atoms with Crippen LogP contribution in [0.5, 0.6) is 0 Å². The summed E-state index contributed by atoms with van der Waals surface area (Å²) in [6.07, 6.45) is 7.75. The molecule has 0 aliphatic heterocycles. The molecule has 1 aliphatic carbocycles. The molecule has 0 radical (unpaired) electrons. The summed E-state index contributed by atoms with van der Waals surface area (Å²) in [4.78, 5) is 16.8. The van der Waals surface area contributed by atoms with E-state index >= 15 is 0 Å². The van der Waals surface area contributed by atoms with Crippen molar-refractivity contribution in [1.82, 2.24) is 19.3 Å². The van der Waals surface area contributed by atoms with Crippen LogP contribution >= 0.6 is 0 Å². The predicted molar refractivity (Wildman–Crippen MR) is 102 cm³/mol. The minimum Gasteiger partial charge on any atom is -0.465 e. The van der Waals surface area contributed by atoms with Gasteiger partial charge in [0.25, 0.3) is 0 Å². The monoisotopic (exact) mass is 369 g/mol. The van der Waals surface area contributed by atoms with E-state index in [1.165, 1.54) is 7.05 Å². The van der Waals surface area contributed by atoms with Crippen LogP contribution in [0.3, 0.4) is 0 Å². The Hall–Kier alpha value is -2.87. The molecule has 3 aromatic heterocycles. The zero-order valence-electron chi connectivity index (χ0n) is 15.4. The normalized spacial score (nSPS) is 20.1. The molecule has 0 atom stereocenters. The number of rotatable bonds is 3. The Morgan fingerprint density at radius 1 is 1.30 bits per heavy atom. The van der Waals surface area contributed by atoms with E-state index in [-0.39, 0.29) is 12.1 Å². The fourth-order valence-electron chi connectivity index (χ4n) is 3.82. The van der Waals surface area contributed by atoms with Gasteiger partial charge in [0, 0.05) is 55.7 Å². The van der Waals surface area contributed by atoms with Crippen LogP contribution in [0, 0.1) is 0 Å². The highest BCUT2D eigenvalue weighted by Crippen LogP contribution is 2.37. The third-order valence-corrected chi connectivity index (χ3v) is 5.38. The van der Waals surface area contributed by atoms with Crippen LogP contribution < -0.4 is 4.90 Å². The molecule has 4 rings (SSSR count). The van der Waals surface area contributed by atoms with Crippen LogP contribution in [-0.4, -0.2) is 48.8 Å². The van der Waals surface area contributed by atoms with Crippen molar-refractivity contribution in [3.05, 3.63) is 30.7 Å². The highest BCUT2D eigenvalue weighted by atomic mass is 16.4. The van der Waals surface area contributed by atoms with E-state index in [9.17, 15) is 15.0 Å². The number of hydrogen-bond donors (Lipinski definition) is 2. The minimum atomic E-state index is -1.05. The quantitative estimate of drug-likeness (QED) is 0.740. The molecule has 1 aliphatic rings. The first-order valence-electron chi connectivity index (χ1n) is 9.09. The van der Waals surface area contributed by atoms with Crippen LogP contribution in [-0.2, 0) is 7.05 Å². The Morgan fingerprint density at radius 3 is 2.67 bits per heavy atom. The molecular formula is C19H23N5O3. The SMILES string of the molecule is CN(C(=O)O)c1cc2c(cn1)c(-c1ccn(C)n1)cn2[C@H]1CC[C@H](O)CC1. The van der Waals surface area contributed by atoms with Crippen LogP contribution in [0.15, 0.2) is 30.7 Å². The van der Waals surface area contributed by atoms with E-state index in [0.29, 0.717) is 5.82 Å². The second-order valence-corrected chi connectivity index (χ2v) is 7.19. The van der Waals surface area contributed by atoms with Gasteiger partial charge in [0.15, 0.2) is 0 Å². The molecule has 3 heterocycles. The molecule has 1 fully saturated rings. The number of carbonyl (C=O) groups is 1. The molecule has 3 aromatic rings. The predicted octanol–water partition coefficient (Wildman–Crippen LogP) is 3.03. The molecule has 8 nitrogen and oxygen atoms in total. The van der Waals surface area contributed by atoms with E-state index in [1.54, 1.807) is 10.9 Å². The van der Waals surface area contributed by atoms with Gasteiger partial charge < -0.3 is 14.8 Å². The van der Waals surface area contributed by atoms with Gasteiger partial charge in [-0.15, -0.1) is 0 Å². The van der Waals surface area contributed by atoms with Crippen molar-refractivity contribution in [3.8, 4) is 11.3 Å². The third kappa shape index (κ3) is 3.16. The number of aliphatic hydroxyl groups is 1. The Balaban J connectivity index is 1.86. The van der Waals surface area contributed by atoms with Gasteiger partial charge in [0.1, 0.15) is 5.82 Å². The first-order chi connectivity index (χ1) is 12.9. The number of pyridine rings is 1. The van der Waals surface area contributed by atoms with E-state index < -0.39 is 6.09 Å². The lowest BCUT2D eigenvalue weighted by atomic mass is 9.93. The molecule has 0 aromatic carbocycles. The van der Waals surface area contributed by atoms with Crippen molar-refractivity contribution in [1.29, 1.82) is 0 Å². The fourth-order valence-corrected chi connectivity index (χ4v) is 3.82. The molecule has 0 unspecified atom stereocenters. The van der Waals surface area contributed by atoms with E-state index in [2.05, 4.69) is 20.8 Å². The summed E-state index contributed by atoms with van der Waals surface area (Å²) in [6.45, 7) is 0. The zero-order chi connectivity index (χ0) is 19.1. The van der Waals surface area contributed by atoms with Crippen molar-refractivity contribution in [2.24, 2.45) is 7.05 Å². The average molecular weight is 369 g/mol. The fraction of sp³-hybridized carbons (Fsp3) is 0.421. The second kappa shape index (κ2) is 6.70. The number of carboxylic acid groups (broad SMARTS) is 1. The second-order valence-electron chi connectivity index (χ2n) is 7.19. The van der Waals surface area contributed by atoms with Crippen LogP contribution in [0.4, 0.5) is 10.6 Å². The molecule has 1 amide bonds. The number of amides is 1. The number of anilines is 1. The van der Waals surface area contributed by atoms with Crippen molar-refractivity contribution < 1.29 is 15.0 Å². The smallest absolute Gasteiger partial charge is 0.412 e. The minimum absolute atomic E-state index is 0.228. The molecule has 1 saturated carbocycles. The lowest BCUT2D eigenvalue weighted by Gasteiger charge is -2.27. The first kappa shape index (κ1) is 17.5. The van der Waals surface area contributed by atoms with Gasteiger partial charge >= 0.3 is 6.09 Å². The van der Waals surface area contributed by atoms with E-state index in [1.807, 2.05) is 25.4 Å². The lowest BCUT2D eigenvalue weighted by Crippen LogP contribution is -2.25. The summed E-state index contributed by atoms with van der Waals surface area (Å²) in [5.41, 5.74) is 2.78. The molecule has 27 heavy (non-hydrogen) atoms. The third-order valence-electron chi connectivity index (χ3n) is 5.38. The van der Waals surface area contributed by atoms with Gasteiger partial charge in [-0.1, -0.05) is 0 Å². The number of aliphatic hydroxyl groups excluding tert-OH is 1. The number of aryl methyl sites for hydroxylation is 1. The number of hydrogen-bond acceptors (Lipinski definition) is 4. The van der Waals surface area contributed by atoms with Crippen molar-refractivity contribution in [2.75, 3.05) is 11.9 Å². The Labute approximate surface area is 156 Å². The van der Waals surface area contributed by atoms with Gasteiger partial charge in [-0.3, -0.25) is 9.58 Å². The summed E-state index contributed by atoms with van der Waals surface area (Å²) in [5.74, 6) is 0.387. The number of nitrogens with zero attached hydrogens (tertiary/aromatic N) is 5. The van der Waals surface area contributed by atoms with Crippen molar-refractivity contribution in [2.45, 2.75) is 37.8 Å². The average Bonchev–Trinajstić information content (AvgIpc) is 3.24. The van der Waals surface area contributed by atoms with Gasteiger partial charge in [-0.2, -0.15) is 5.10 Å². The van der Waals surface area contributed by atoms with Crippen molar-refractivity contribution in [3.63, 3.8) is 0 Å². The van der Waals surface area contributed by atoms with Crippen molar-refractivity contribution >= 4 is 22.8 Å². The summed E-state index contributed by atoms with van der Waals surface area (Å²) < 4.78 is 3.96. The number of fused-ring (bicyclic) bond motifs is 1. The molecule has 0 spiro atoms. The summed E-state index contributed by atoms with van der Waals surface area (Å²) in [5, 5.41) is 24.6. The number of aromatic nitrogens is 4. The molecule has 8 heteroatoms. The molecular weight excluding hydrogens is 346 g/mol. The maximum absolute atomic E-state index is 11.3. The van der Waals surface area contributed by atoms with Crippen LogP contribution in [0.25, 0.3) is 22.2 Å². The van der Waals surface area contributed by atoms with Crippen LogP contribution in [0.2, 0.25) is 0 Å². The van der Waals surface area contributed by atoms with Gasteiger partial charge in [0.05, 0.1) is 17.3 Å². The Bertz CT molecular complexity index is 985. The summed E-state index contributed by atoms with van der Waals surface area (Å²) in [7, 11) is 3.36. The molecule has 2 N–H and O–H groups in total. The largest absolute Gasteiger partial charge is 0.465 e. The van der Waals surface area contributed by atoms with E-state index in [4.69, 9.17) is 0 Å². The maximum Gasteiger partial charge on any atom is 0.412 e. The molecule has 0 bridgehead atoms. The summed E-state index contributed by atoms with van der Waals surface area (Å²) >= 11 is 0. The van der Waals surface area contributed by atoms with E-state index in [0.717, 1.165) is 52.7 Å². The van der Waals surface area contributed by atoms with Gasteiger partial charge in [-0.25, -0.2) is 9.78 Å².